The van der Waals surface area contributed by atoms with Gasteiger partial charge < -0.3 is 0 Å². The molecular weight excluding hydrogens is 336 g/mol. The fourth-order valence-corrected chi connectivity index (χ4v) is 5.75. The molecule has 0 unspecified atom stereocenters. The fraction of sp³-hybridized carbons (Fsp3) is 0.524. The summed E-state index contributed by atoms with van der Waals surface area (Å²) in [5.41, 5.74) is 3.67. The quantitative estimate of drug-likeness (QED) is 0.688. The van der Waals surface area contributed by atoms with E-state index in [1.807, 2.05) is 0 Å². The maximum atomic E-state index is 5.02. The van der Waals surface area contributed by atoms with Crippen LogP contribution in [0.1, 0.15) is 39.1 Å². The number of pyridine rings is 2. The molecule has 2 rings (SSSR count). The number of nitrogens with zero attached hydrogens (tertiary/aromatic N) is 2. The van der Waals surface area contributed by atoms with Crippen LogP contribution in [0.15, 0.2) is 36.4 Å². The lowest BCUT2D eigenvalue weighted by Crippen LogP contribution is -2.46. The smallest absolute Gasteiger partial charge is 0.107 e. The predicted octanol–water partition coefficient (Wildman–Crippen LogP) is 4.72. The van der Waals surface area contributed by atoms with Gasteiger partial charge in [-0.2, -0.15) is 0 Å². The zero-order chi connectivity index (χ0) is 18.8. The molecule has 2 aromatic rings. The average Bonchev–Trinajstić information content (AvgIpc) is 2.55. The summed E-state index contributed by atoms with van der Waals surface area (Å²) in [6.45, 7) is 19.0. The van der Waals surface area contributed by atoms with Crippen molar-refractivity contribution in [1.82, 2.24) is 9.97 Å². The van der Waals surface area contributed by atoms with Crippen molar-refractivity contribution in [3.05, 3.63) is 47.8 Å². The molecule has 0 aliphatic carbocycles. The van der Waals surface area contributed by atoms with Crippen molar-refractivity contribution in [1.29, 1.82) is 0 Å². The van der Waals surface area contributed by atoms with Crippen molar-refractivity contribution >= 4 is 26.8 Å². The molecule has 0 N–H and O–H groups in total. The van der Waals surface area contributed by atoms with Crippen LogP contribution < -0.4 is 10.6 Å². The number of hydrogen-bond donors (Lipinski definition) is 0. The molecule has 0 saturated carbocycles. The van der Waals surface area contributed by atoms with E-state index in [1.165, 1.54) is 10.6 Å². The maximum Gasteiger partial charge on any atom is 0.107 e. The Hall–Kier alpha value is -1.27. The van der Waals surface area contributed by atoms with Crippen LogP contribution >= 0.6 is 0 Å². The SMILES string of the molecule is CC(C)[Si](C)(C)c1cccc(Cc2cccc([Si](C)(C)C(C)C)n2)n1. The molecule has 0 aromatic carbocycles. The summed E-state index contributed by atoms with van der Waals surface area (Å²) >= 11 is 0. The Labute approximate surface area is 156 Å². The Bertz CT molecular complexity index is 660. The second-order valence-electron chi connectivity index (χ2n) is 8.96. The molecule has 2 aromatic heterocycles. The van der Waals surface area contributed by atoms with Gasteiger partial charge in [0, 0.05) is 28.4 Å². The zero-order valence-electron chi connectivity index (χ0n) is 17.2. The van der Waals surface area contributed by atoms with E-state index in [9.17, 15) is 0 Å². The fourth-order valence-electron chi connectivity index (χ4n) is 2.65. The average molecular weight is 371 g/mol. The second kappa shape index (κ2) is 7.54. The first kappa shape index (κ1) is 20.1. The Morgan fingerprint density at radius 1 is 0.680 bits per heavy atom. The van der Waals surface area contributed by atoms with Gasteiger partial charge >= 0.3 is 0 Å². The Kier molecular flexibility index (Phi) is 6.05. The molecule has 25 heavy (non-hydrogen) atoms. The van der Waals surface area contributed by atoms with Crippen LogP contribution in [-0.4, -0.2) is 26.1 Å². The maximum absolute atomic E-state index is 5.02. The summed E-state index contributed by atoms with van der Waals surface area (Å²) in [5, 5.41) is 2.63. The van der Waals surface area contributed by atoms with Gasteiger partial charge in [0.05, 0.1) is 0 Å². The van der Waals surface area contributed by atoms with Gasteiger partial charge in [-0.05, 0) is 35.3 Å². The Morgan fingerprint density at radius 2 is 1.04 bits per heavy atom. The Balaban J connectivity index is 2.30. The minimum Gasteiger partial charge on any atom is -0.262 e. The highest BCUT2D eigenvalue weighted by molar-refractivity contribution is 6.90. The second-order valence-corrected chi connectivity index (χ2v) is 19.2. The zero-order valence-corrected chi connectivity index (χ0v) is 19.2. The van der Waals surface area contributed by atoms with Gasteiger partial charge in [-0.15, -0.1) is 0 Å². The predicted molar refractivity (Wildman–Crippen MR) is 116 cm³/mol. The molecule has 0 aliphatic rings. The van der Waals surface area contributed by atoms with Crippen LogP contribution in [0.3, 0.4) is 0 Å². The lowest BCUT2D eigenvalue weighted by Gasteiger charge is -2.27. The monoisotopic (exact) mass is 370 g/mol. The van der Waals surface area contributed by atoms with Gasteiger partial charge in [-0.25, -0.2) is 0 Å². The third kappa shape index (κ3) is 4.47. The highest BCUT2D eigenvalue weighted by Crippen LogP contribution is 2.21. The third-order valence-electron chi connectivity index (χ3n) is 6.18. The Morgan fingerprint density at radius 3 is 1.36 bits per heavy atom. The molecule has 0 saturated heterocycles. The highest BCUT2D eigenvalue weighted by Gasteiger charge is 2.30. The summed E-state index contributed by atoms with van der Waals surface area (Å²) < 4.78 is 0. The lowest BCUT2D eigenvalue weighted by molar-refractivity contribution is 0.991. The molecule has 4 heteroatoms. The van der Waals surface area contributed by atoms with Crippen LogP contribution in [0.25, 0.3) is 0 Å². The number of hydrogen-bond acceptors (Lipinski definition) is 2. The van der Waals surface area contributed by atoms with Crippen LogP contribution in [0.2, 0.25) is 37.3 Å². The topological polar surface area (TPSA) is 25.8 Å². The van der Waals surface area contributed by atoms with Crippen LogP contribution in [0.5, 0.6) is 0 Å². The van der Waals surface area contributed by atoms with Gasteiger partial charge in [0.25, 0.3) is 0 Å². The van der Waals surface area contributed by atoms with Gasteiger partial charge in [-0.3, -0.25) is 9.97 Å². The molecule has 2 heterocycles. The van der Waals surface area contributed by atoms with E-state index < -0.39 is 16.1 Å². The molecule has 2 nitrogen and oxygen atoms in total. The van der Waals surface area contributed by atoms with Crippen LogP contribution in [0.4, 0.5) is 0 Å². The normalized spacial score (nSPS) is 12.9. The summed E-state index contributed by atoms with van der Waals surface area (Å²) in [4.78, 5) is 10.0. The summed E-state index contributed by atoms with van der Waals surface area (Å²) in [6, 6.07) is 13.1. The van der Waals surface area contributed by atoms with Gasteiger partial charge in [-0.1, -0.05) is 66.0 Å². The van der Waals surface area contributed by atoms with E-state index in [-0.39, 0.29) is 0 Å². The van der Waals surface area contributed by atoms with Crippen LogP contribution in [0, 0.1) is 0 Å². The summed E-state index contributed by atoms with van der Waals surface area (Å²) in [7, 11) is -2.97. The standard InChI is InChI=1S/C21H34N2Si2/c1-16(2)24(5,6)20-13-9-11-18(22-20)15-19-12-10-14-21(23-19)25(7,8)17(3)4/h9-14,16-17H,15H2,1-8H3. The first-order valence-corrected chi connectivity index (χ1v) is 15.6. The van der Waals surface area contributed by atoms with Gasteiger partial charge in [0.2, 0.25) is 0 Å². The van der Waals surface area contributed by atoms with E-state index in [1.54, 1.807) is 0 Å². The van der Waals surface area contributed by atoms with E-state index in [0.717, 1.165) is 17.8 Å². The van der Waals surface area contributed by atoms with Crippen molar-refractivity contribution in [3.8, 4) is 0 Å². The third-order valence-corrected chi connectivity index (χ3v) is 15.2. The van der Waals surface area contributed by atoms with E-state index >= 15 is 0 Å². The minimum atomic E-state index is -1.49. The van der Waals surface area contributed by atoms with Crippen LogP contribution in [-0.2, 0) is 6.42 Å². The van der Waals surface area contributed by atoms with E-state index in [0.29, 0.717) is 11.1 Å². The molecule has 0 spiro atoms. The molecule has 0 aliphatic heterocycles. The van der Waals surface area contributed by atoms with E-state index in [4.69, 9.17) is 9.97 Å². The van der Waals surface area contributed by atoms with Crippen molar-refractivity contribution in [2.45, 2.75) is 71.4 Å². The van der Waals surface area contributed by atoms with Crippen molar-refractivity contribution in [2.24, 2.45) is 0 Å². The molecule has 0 radical (unpaired) electrons. The molecule has 0 atom stereocenters. The minimum absolute atomic E-state index is 0.689. The van der Waals surface area contributed by atoms with Crippen molar-refractivity contribution < 1.29 is 0 Å². The van der Waals surface area contributed by atoms with Crippen molar-refractivity contribution in [3.63, 3.8) is 0 Å². The van der Waals surface area contributed by atoms with E-state index in [2.05, 4.69) is 90.3 Å². The largest absolute Gasteiger partial charge is 0.262 e. The number of rotatable bonds is 6. The molecular formula is C21H34N2Si2. The first-order valence-electron chi connectivity index (χ1n) is 9.48. The lowest BCUT2D eigenvalue weighted by atomic mass is 10.2. The van der Waals surface area contributed by atoms with Crippen molar-refractivity contribution in [2.75, 3.05) is 0 Å². The molecule has 0 amide bonds. The highest BCUT2D eigenvalue weighted by atomic mass is 28.3. The molecule has 0 fully saturated rings. The van der Waals surface area contributed by atoms with Gasteiger partial charge in [0.15, 0.2) is 0 Å². The summed E-state index contributed by atoms with van der Waals surface area (Å²) in [5.74, 6) is 0. The molecule has 0 bridgehead atoms. The summed E-state index contributed by atoms with van der Waals surface area (Å²) in [6.07, 6.45) is 0.826. The molecule has 136 valence electrons. The first-order chi connectivity index (χ1) is 11.5. The van der Waals surface area contributed by atoms with Gasteiger partial charge in [0.1, 0.15) is 16.1 Å². The number of aromatic nitrogens is 2.